The Morgan fingerprint density at radius 1 is 0.609 bits per heavy atom. The van der Waals surface area contributed by atoms with E-state index < -0.39 is 0 Å². The lowest BCUT2D eigenvalue weighted by Crippen LogP contribution is -1.95. The molecule has 0 fully saturated rings. The summed E-state index contributed by atoms with van der Waals surface area (Å²) in [5.74, 6) is 0.494. The first-order valence-corrected chi connectivity index (χ1v) is 8.34. The summed E-state index contributed by atoms with van der Waals surface area (Å²) < 4.78 is 0. The van der Waals surface area contributed by atoms with Gasteiger partial charge in [-0.3, -0.25) is 0 Å². The van der Waals surface area contributed by atoms with Crippen LogP contribution in [0.1, 0.15) is 36.5 Å². The van der Waals surface area contributed by atoms with Crippen LogP contribution >= 0.6 is 0 Å². The Bertz CT molecular complexity index is 825. The Morgan fingerprint density at radius 3 is 1.74 bits per heavy atom. The zero-order chi connectivity index (χ0) is 16.4. The van der Waals surface area contributed by atoms with Gasteiger partial charge in [0.05, 0.1) is 0 Å². The maximum Gasteiger partial charge on any atom is -0.0146 e. The highest BCUT2D eigenvalue weighted by atomic mass is 14.2. The lowest BCUT2D eigenvalue weighted by Gasteiger charge is -2.17. The van der Waals surface area contributed by atoms with Crippen LogP contribution in [0, 0.1) is 13.8 Å². The van der Waals surface area contributed by atoms with Crippen molar-refractivity contribution in [1.29, 1.82) is 0 Å². The molecule has 0 aliphatic heterocycles. The summed E-state index contributed by atoms with van der Waals surface area (Å²) in [6, 6.07) is 24.2. The third-order valence-corrected chi connectivity index (χ3v) is 4.56. The molecule has 0 spiro atoms. The maximum absolute atomic E-state index is 2.37. The second-order valence-corrected chi connectivity index (χ2v) is 6.59. The van der Waals surface area contributed by atoms with Crippen molar-refractivity contribution in [1.82, 2.24) is 0 Å². The van der Waals surface area contributed by atoms with Crippen LogP contribution in [0.3, 0.4) is 0 Å². The summed E-state index contributed by atoms with van der Waals surface area (Å²) in [5, 5.41) is 0. The van der Waals surface area contributed by atoms with Crippen LogP contribution in [-0.2, 0) is 0 Å². The summed E-state index contributed by atoms with van der Waals surface area (Å²) >= 11 is 0. The second-order valence-electron chi connectivity index (χ2n) is 6.59. The van der Waals surface area contributed by atoms with Crippen molar-refractivity contribution in [2.75, 3.05) is 0 Å². The Hall–Kier alpha value is -2.34. The van der Waals surface area contributed by atoms with Crippen molar-refractivity contribution in [3.8, 4) is 22.3 Å². The fourth-order valence-electron chi connectivity index (χ4n) is 3.23. The van der Waals surface area contributed by atoms with E-state index >= 15 is 0 Å². The first kappa shape index (κ1) is 15.6. The predicted molar refractivity (Wildman–Crippen MR) is 101 cm³/mol. The molecule has 116 valence electrons. The molecule has 0 unspecified atom stereocenters. The highest BCUT2D eigenvalue weighted by Crippen LogP contribution is 2.35. The molecule has 3 aromatic carbocycles. The monoisotopic (exact) mass is 300 g/mol. The van der Waals surface area contributed by atoms with Crippen molar-refractivity contribution < 1.29 is 0 Å². The zero-order valence-corrected chi connectivity index (χ0v) is 14.4. The molecule has 0 radical (unpaired) electrons. The van der Waals surface area contributed by atoms with Crippen LogP contribution < -0.4 is 0 Å². The fraction of sp³-hybridized carbons (Fsp3) is 0.217. The van der Waals surface area contributed by atoms with E-state index in [2.05, 4.69) is 94.4 Å². The zero-order valence-electron chi connectivity index (χ0n) is 14.4. The SMILES string of the molecule is Cc1ccccc1-c1ccc(-c2ccccc2C)c(C(C)C)c1. The smallest absolute Gasteiger partial charge is 0.0146 e. The topological polar surface area (TPSA) is 0 Å². The van der Waals surface area contributed by atoms with Gasteiger partial charge in [0.2, 0.25) is 0 Å². The van der Waals surface area contributed by atoms with E-state index in [1.165, 1.54) is 38.9 Å². The molecule has 0 amide bonds. The molecule has 0 saturated carbocycles. The van der Waals surface area contributed by atoms with Crippen molar-refractivity contribution >= 4 is 0 Å². The molecule has 0 atom stereocenters. The maximum atomic E-state index is 2.37. The summed E-state index contributed by atoms with van der Waals surface area (Å²) in [6.45, 7) is 8.92. The molecule has 3 rings (SSSR count). The van der Waals surface area contributed by atoms with Crippen LogP contribution in [-0.4, -0.2) is 0 Å². The molecule has 23 heavy (non-hydrogen) atoms. The van der Waals surface area contributed by atoms with Gasteiger partial charge in [-0.2, -0.15) is 0 Å². The molecule has 0 nitrogen and oxygen atoms in total. The highest BCUT2D eigenvalue weighted by Gasteiger charge is 2.12. The van der Waals surface area contributed by atoms with Crippen molar-refractivity contribution in [3.63, 3.8) is 0 Å². The van der Waals surface area contributed by atoms with Crippen LogP contribution in [0.5, 0.6) is 0 Å². The van der Waals surface area contributed by atoms with Gasteiger partial charge in [-0.25, -0.2) is 0 Å². The minimum atomic E-state index is 0.494. The van der Waals surface area contributed by atoms with E-state index in [4.69, 9.17) is 0 Å². The van der Waals surface area contributed by atoms with E-state index in [9.17, 15) is 0 Å². The van der Waals surface area contributed by atoms with Crippen molar-refractivity contribution in [2.24, 2.45) is 0 Å². The van der Waals surface area contributed by atoms with E-state index in [1.807, 2.05) is 0 Å². The first-order valence-electron chi connectivity index (χ1n) is 8.34. The van der Waals surface area contributed by atoms with E-state index in [0.717, 1.165) is 0 Å². The molecule has 0 heteroatoms. The molecule has 0 aromatic heterocycles. The molecule has 0 heterocycles. The summed E-state index contributed by atoms with van der Waals surface area (Å²) in [6.07, 6.45) is 0. The van der Waals surface area contributed by atoms with Gasteiger partial charge in [0.15, 0.2) is 0 Å². The van der Waals surface area contributed by atoms with Gasteiger partial charge in [-0.15, -0.1) is 0 Å². The van der Waals surface area contributed by atoms with Gasteiger partial charge in [-0.1, -0.05) is 80.6 Å². The molecule has 0 saturated heterocycles. The third-order valence-electron chi connectivity index (χ3n) is 4.56. The van der Waals surface area contributed by atoms with Gasteiger partial charge in [0, 0.05) is 0 Å². The normalized spacial score (nSPS) is 11.0. The molecule has 3 aromatic rings. The standard InChI is InChI=1S/C23H24/c1-16(2)23-15-19(20-11-7-5-9-17(20)3)13-14-22(23)21-12-8-6-10-18(21)4/h5-16H,1-4H3. The minimum Gasteiger partial charge on any atom is -0.0620 e. The summed E-state index contributed by atoms with van der Waals surface area (Å²) in [7, 11) is 0. The van der Waals surface area contributed by atoms with Gasteiger partial charge < -0.3 is 0 Å². The Balaban J connectivity index is 2.18. The quantitative estimate of drug-likeness (QED) is 0.501. The average Bonchev–Trinajstić information content (AvgIpc) is 2.55. The van der Waals surface area contributed by atoms with Crippen LogP contribution in [0.15, 0.2) is 66.7 Å². The van der Waals surface area contributed by atoms with Gasteiger partial charge in [0.1, 0.15) is 0 Å². The predicted octanol–water partition coefficient (Wildman–Crippen LogP) is 6.76. The number of benzene rings is 3. The van der Waals surface area contributed by atoms with Gasteiger partial charge >= 0.3 is 0 Å². The third kappa shape index (κ3) is 3.07. The summed E-state index contributed by atoms with van der Waals surface area (Å²) in [5.41, 5.74) is 9.40. The van der Waals surface area contributed by atoms with Gasteiger partial charge in [-0.05, 0) is 58.7 Å². The fourth-order valence-corrected chi connectivity index (χ4v) is 3.23. The molecular formula is C23H24. The molecule has 0 bridgehead atoms. The minimum absolute atomic E-state index is 0.494. The summed E-state index contributed by atoms with van der Waals surface area (Å²) in [4.78, 5) is 0. The molecule has 0 N–H and O–H groups in total. The van der Waals surface area contributed by atoms with E-state index in [0.29, 0.717) is 5.92 Å². The Kier molecular flexibility index (Phi) is 4.34. The average molecular weight is 300 g/mol. The Labute approximate surface area is 139 Å². The number of hydrogen-bond donors (Lipinski definition) is 0. The molecule has 0 aliphatic rings. The first-order chi connectivity index (χ1) is 11.1. The van der Waals surface area contributed by atoms with Gasteiger partial charge in [0.25, 0.3) is 0 Å². The lowest BCUT2D eigenvalue weighted by atomic mass is 9.87. The van der Waals surface area contributed by atoms with Crippen molar-refractivity contribution in [3.05, 3.63) is 83.4 Å². The Morgan fingerprint density at radius 2 is 1.17 bits per heavy atom. The van der Waals surface area contributed by atoms with E-state index in [-0.39, 0.29) is 0 Å². The van der Waals surface area contributed by atoms with Crippen LogP contribution in [0.4, 0.5) is 0 Å². The molecule has 0 aliphatic carbocycles. The van der Waals surface area contributed by atoms with Crippen molar-refractivity contribution in [2.45, 2.75) is 33.6 Å². The number of rotatable bonds is 3. The number of aryl methyl sites for hydroxylation is 2. The lowest BCUT2D eigenvalue weighted by molar-refractivity contribution is 0.869. The van der Waals surface area contributed by atoms with Crippen LogP contribution in [0.2, 0.25) is 0 Å². The number of hydrogen-bond acceptors (Lipinski definition) is 0. The highest BCUT2D eigenvalue weighted by molar-refractivity contribution is 5.77. The van der Waals surface area contributed by atoms with E-state index in [1.54, 1.807) is 0 Å². The molecular weight excluding hydrogens is 276 g/mol. The van der Waals surface area contributed by atoms with Crippen LogP contribution in [0.25, 0.3) is 22.3 Å². The largest absolute Gasteiger partial charge is 0.0620 e. The second kappa shape index (κ2) is 6.42.